The number of hydrogen-bond donors (Lipinski definition) is 2. The summed E-state index contributed by atoms with van der Waals surface area (Å²) in [5, 5.41) is 14.7. The van der Waals surface area contributed by atoms with E-state index in [1.54, 1.807) is 0 Å². The molecular weight excluding hydrogens is 324 g/mol. The number of fused-ring (bicyclic) bond motifs is 1. The summed E-state index contributed by atoms with van der Waals surface area (Å²) in [4.78, 5) is 12.2. The standard InChI is InChI=1S/C20H17F2NO2/c21-17-9-8-15(10-18(17)22)19(24)12-23-20(25)11-14-6-3-5-13-4-1-2-7-16(13)14/h1-10,19,24H,11-12H2,(H,23,25). The number of amides is 1. The van der Waals surface area contributed by atoms with Crippen LogP contribution in [0.15, 0.2) is 60.7 Å². The second-order valence-corrected chi connectivity index (χ2v) is 5.81. The monoisotopic (exact) mass is 341 g/mol. The van der Waals surface area contributed by atoms with Crippen molar-refractivity contribution in [3.05, 3.63) is 83.4 Å². The average Bonchev–Trinajstić information content (AvgIpc) is 2.62. The van der Waals surface area contributed by atoms with Gasteiger partial charge < -0.3 is 10.4 Å². The van der Waals surface area contributed by atoms with Crippen LogP contribution in [0.4, 0.5) is 8.78 Å². The van der Waals surface area contributed by atoms with Crippen LogP contribution in [0, 0.1) is 11.6 Å². The lowest BCUT2D eigenvalue weighted by molar-refractivity contribution is -0.120. The Kier molecular flexibility index (Phi) is 5.05. The van der Waals surface area contributed by atoms with Crippen LogP contribution in [0.25, 0.3) is 10.8 Å². The molecule has 3 aromatic rings. The molecule has 3 aromatic carbocycles. The third-order valence-electron chi connectivity index (χ3n) is 4.05. The zero-order chi connectivity index (χ0) is 17.8. The van der Waals surface area contributed by atoms with Gasteiger partial charge in [-0.3, -0.25) is 4.79 Å². The van der Waals surface area contributed by atoms with Crippen LogP contribution >= 0.6 is 0 Å². The van der Waals surface area contributed by atoms with Crippen LogP contribution in [-0.4, -0.2) is 17.6 Å². The minimum Gasteiger partial charge on any atom is -0.387 e. The second-order valence-electron chi connectivity index (χ2n) is 5.81. The molecule has 0 heterocycles. The van der Waals surface area contributed by atoms with Gasteiger partial charge in [-0.1, -0.05) is 48.5 Å². The van der Waals surface area contributed by atoms with Gasteiger partial charge in [-0.05, 0) is 34.0 Å². The van der Waals surface area contributed by atoms with E-state index >= 15 is 0 Å². The Labute approximate surface area is 143 Å². The van der Waals surface area contributed by atoms with Crippen LogP contribution in [0.5, 0.6) is 0 Å². The first-order valence-corrected chi connectivity index (χ1v) is 7.91. The minimum absolute atomic E-state index is 0.0747. The van der Waals surface area contributed by atoms with E-state index < -0.39 is 17.7 Å². The van der Waals surface area contributed by atoms with Crippen molar-refractivity contribution in [3.8, 4) is 0 Å². The average molecular weight is 341 g/mol. The molecule has 5 heteroatoms. The van der Waals surface area contributed by atoms with Crippen molar-refractivity contribution < 1.29 is 18.7 Å². The number of rotatable bonds is 5. The Hall–Kier alpha value is -2.79. The van der Waals surface area contributed by atoms with Gasteiger partial charge >= 0.3 is 0 Å². The highest BCUT2D eigenvalue weighted by molar-refractivity contribution is 5.90. The maximum atomic E-state index is 13.2. The van der Waals surface area contributed by atoms with Crippen LogP contribution in [-0.2, 0) is 11.2 Å². The summed E-state index contributed by atoms with van der Waals surface area (Å²) in [6.07, 6.45) is -0.933. The number of carbonyl (C=O) groups excluding carboxylic acids is 1. The lowest BCUT2D eigenvalue weighted by atomic mass is 10.0. The molecule has 0 saturated carbocycles. The van der Waals surface area contributed by atoms with E-state index in [-0.39, 0.29) is 24.4 Å². The van der Waals surface area contributed by atoms with Crippen molar-refractivity contribution in [1.82, 2.24) is 5.32 Å². The molecular formula is C20H17F2NO2. The number of benzene rings is 3. The number of halogens is 2. The van der Waals surface area contributed by atoms with Crippen molar-refractivity contribution >= 4 is 16.7 Å². The van der Waals surface area contributed by atoms with Crippen LogP contribution in [0.2, 0.25) is 0 Å². The molecule has 128 valence electrons. The summed E-state index contributed by atoms with van der Waals surface area (Å²) in [5.74, 6) is -2.26. The Bertz CT molecular complexity index is 906. The molecule has 0 fully saturated rings. The molecule has 0 bridgehead atoms. The van der Waals surface area contributed by atoms with Gasteiger partial charge in [-0.25, -0.2) is 8.78 Å². The number of aliphatic hydroxyl groups excluding tert-OH is 1. The summed E-state index contributed by atoms with van der Waals surface area (Å²) in [6.45, 7) is -0.0747. The predicted octanol–water partition coefficient (Wildman–Crippen LogP) is 3.51. The lowest BCUT2D eigenvalue weighted by Crippen LogP contribution is -2.29. The SMILES string of the molecule is O=C(Cc1cccc2ccccc12)NCC(O)c1ccc(F)c(F)c1. The van der Waals surface area contributed by atoms with Crippen molar-refractivity contribution in [1.29, 1.82) is 0 Å². The molecule has 3 rings (SSSR count). The van der Waals surface area contributed by atoms with Gasteiger partial charge in [0.1, 0.15) is 0 Å². The van der Waals surface area contributed by atoms with Crippen molar-refractivity contribution in [3.63, 3.8) is 0 Å². The van der Waals surface area contributed by atoms with Gasteiger partial charge in [-0.15, -0.1) is 0 Å². The number of carbonyl (C=O) groups is 1. The van der Waals surface area contributed by atoms with Crippen LogP contribution in [0.1, 0.15) is 17.2 Å². The van der Waals surface area contributed by atoms with E-state index in [2.05, 4.69) is 5.32 Å². The Morgan fingerprint density at radius 2 is 1.76 bits per heavy atom. The van der Waals surface area contributed by atoms with E-state index in [0.29, 0.717) is 0 Å². The molecule has 0 aliphatic rings. The maximum absolute atomic E-state index is 13.2. The Balaban J connectivity index is 1.63. The zero-order valence-electron chi connectivity index (χ0n) is 13.4. The maximum Gasteiger partial charge on any atom is 0.224 e. The van der Waals surface area contributed by atoms with Crippen molar-refractivity contribution in [2.45, 2.75) is 12.5 Å². The summed E-state index contributed by atoms with van der Waals surface area (Å²) in [7, 11) is 0. The van der Waals surface area contributed by atoms with Gasteiger partial charge in [0.2, 0.25) is 5.91 Å². The number of hydrogen-bond acceptors (Lipinski definition) is 2. The topological polar surface area (TPSA) is 49.3 Å². The quantitative estimate of drug-likeness (QED) is 0.746. The first kappa shape index (κ1) is 17.0. The van der Waals surface area contributed by atoms with E-state index in [9.17, 15) is 18.7 Å². The van der Waals surface area contributed by atoms with E-state index in [0.717, 1.165) is 28.5 Å². The molecule has 2 N–H and O–H groups in total. The third kappa shape index (κ3) is 4.00. The smallest absolute Gasteiger partial charge is 0.224 e. The van der Waals surface area contributed by atoms with E-state index in [1.807, 2.05) is 42.5 Å². The molecule has 0 aliphatic carbocycles. The van der Waals surface area contributed by atoms with Gasteiger partial charge in [0.15, 0.2) is 11.6 Å². The molecule has 0 aromatic heterocycles. The third-order valence-corrected chi connectivity index (χ3v) is 4.05. The fraction of sp³-hybridized carbons (Fsp3) is 0.150. The predicted molar refractivity (Wildman–Crippen MR) is 92.0 cm³/mol. The Morgan fingerprint density at radius 3 is 2.56 bits per heavy atom. The Morgan fingerprint density at radius 1 is 1.00 bits per heavy atom. The van der Waals surface area contributed by atoms with Crippen LogP contribution in [0.3, 0.4) is 0 Å². The number of nitrogens with one attached hydrogen (secondary N) is 1. The van der Waals surface area contributed by atoms with Gasteiger partial charge in [0.05, 0.1) is 12.5 Å². The molecule has 1 unspecified atom stereocenters. The summed E-state index contributed by atoms with van der Waals surface area (Å²) in [5.41, 5.74) is 1.10. The molecule has 0 aliphatic heterocycles. The molecule has 0 spiro atoms. The van der Waals surface area contributed by atoms with Crippen molar-refractivity contribution in [2.75, 3.05) is 6.54 Å². The van der Waals surface area contributed by atoms with Gasteiger partial charge in [0, 0.05) is 6.54 Å². The van der Waals surface area contributed by atoms with E-state index in [4.69, 9.17) is 0 Å². The highest BCUT2D eigenvalue weighted by atomic mass is 19.2. The fourth-order valence-corrected chi connectivity index (χ4v) is 2.73. The van der Waals surface area contributed by atoms with Gasteiger partial charge in [0.25, 0.3) is 0 Å². The first-order valence-electron chi connectivity index (χ1n) is 7.91. The summed E-state index contributed by atoms with van der Waals surface area (Å²) >= 11 is 0. The van der Waals surface area contributed by atoms with Crippen molar-refractivity contribution in [2.24, 2.45) is 0 Å². The van der Waals surface area contributed by atoms with Gasteiger partial charge in [-0.2, -0.15) is 0 Å². The van der Waals surface area contributed by atoms with E-state index in [1.165, 1.54) is 6.07 Å². The molecule has 0 radical (unpaired) electrons. The lowest BCUT2D eigenvalue weighted by Gasteiger charge is -2.13. The molecule has 3 nitrogen and oxygen atoms in total. The fourth-order valence-electron chi connectivity index (χ4n) is 2.73. The second kappa shape index (κ2) is 7.40. The first-order chi connectivity index (χ1) is 12.0. The largest absolute Gasteiger partial charge is 0.387 e. The molecule has 1 atom stereocenters. The van der Waals surface area contributed by atoms with Crippen LogP contribution < -0.4 is 5.32 Å². The molecule has 1 amide bonds. The highest BCUT2D eigenvalue weighted by Crippen LogP contribution is 2.19. The molecule has 0 saturated heterocycles. The minimum atomic E-state index is -1.11. The highest BCUT2D eigenvalue weighted by Gasteiger charge is 2.13. The summed E-state index contributed by atoms with van der Waals surface area (Å²) in [6, 6.07) is 16.7. The number of aliphatic hydroxyl groups is 1. The normalized spacial score (nSPS) is 12.1. The molecule has 25 heavy (non-hydrogen) atoms. The summed E-state index contributed by atoms with van der Waals surface area (Å²) < 4.78 is 26.1. The zero-order valence-corrected chi connectivity index (χ0v) is 13.4.